The zero-order valence-electron chi connectivity index (χ0n) is 11.1. The van der Waals surface area contributed by atoms with E-state index in [-0.39, 0.29) is 6.10 Å². The van der Waals surface area contributed by atoms with Gasteiger partial charge in [0, 0.05) is 44.8 Å². The molecule has 2 heterocycles. The van der Waals surface area contributed by atoms with Gasteiger partial charge in [0.25, 0.3) is 0 Å². The maximum Gasteiger partial charge on any atom is 0.110 e. The topological polar surface area (TPSA) is 43.0 Å². The molecule has 0 aliphatic rings. The van der Waals surface area contributed by atoms with Gasteiger partial charge in [-0.15, -0.1) is 0 Å². The molecule has 0 fully saturated rings. The fourth-order valence-electron chi connectivity index (χ4n) is 2.10. The van der Waals surface area contributed by atoms with Gasteiger partial charge >= 0.3 is 0 Å². The zero-order valence-corrected chi connectivity index (χ0v) is 11.1. The molecule has 2 aromatic heterocycles. The SMILES string of the molecule is CCCC(O)c1ccn(CCc2nccn2C)c1. The second-order valence-electron chi connectivity index (χ2n) is 4.69. The van der Waals surface area contributed by atoms with E-state index in [1.165, 1.54) is 0 Å². The van der Waals surface area contributed by atoms with Gasteiger partial charge in [-0.1, -0.05) is 13.3 Å². The summed E-state index contributed by atoms with van der Waals surface area (Å²) in [6.07, 6.45) is 10.2. The molecule has 0 amide bonds. The predicted molar refractivity (Wildman–Crippen MR) is 71.2 cm³/mol. The molecule has 0 radical (unpaired) electrons. The fourth-order valence-corrected chi connectivity index (χ4v) is 2.10. The molecule has 0 aromatic carbocycles. The molecule has 2 aromatic rings. The van der Waals surface area contributed by atoms with Crippen LogP contribution in [0.1, 0.15) is 37.3 Å². The van der Waals surface area contributed by atoms with Gasteiger partial charge < -0.3 is 14.2 Å². The zero-order chi connectivity index (χ0) is 13.0. The van der Waals surface area contributed by atoms with Gasteiger partial charge in [0.1, 0.15) is 5.82 Å². The first-order valence-corrected chi connectivity index (χ1v) is 6.50. The van der Waals surface area contributed by atoms with Crippen LogP contribution in [-0.2, 0) is 20.0 Å². The minimum atomic E-state index is -0.329. The first-order valence-electron chi connectivity index (χ1n) is 6.50. The summed E-state index contributed by atoms with van der Waals surface area (Å²) in [5, 5.41) is 9.90. The first-order chi connectivity index (χ1) is 8.70. The molecule has 98 valence electrons. The van der Waals surface area contributed by atoms with Gasteiger partial charge in [-0.25, -0.2) is 4.98 Å². The van der Waals surface area contributed by atoms with Crippen LogP contribution in [0.4, 0.5) is 0 Å². The molecular formula is C14H21N3O. The van der Waals surface area contributed by atoms with Crippen molar-refractivity contribution in [1.82, 2.24) is 14.1 Å². The summed E-state index contributed by atoms with van der Waals surface area (Å²) in [4.78, 5) is 4.30. The van der Waals surface area contributed by atoms with Gasteiger partial charge in [0.05, 0.1) is 6.10 Å². The Morgan fingerprint density at radius 3 is 2.89 bits per heavy atom. The molecule has 0 bridgehead atoms. The molecule has 0 aliphatic carbocycles. The van der Waals surface area contributed by atoms with E-state index in [9.17, 15) is 5.11 Å². The number of imidazole rings is 1. The Balaban J connectivity index is 1.93. The summed E-state index contributed by atoms with van der Waals surface area (Å²) in [5.74, 6) is 1.08. The van der Waals surface area contributed by atoms with E-state index in [4.69, 9.17) is 0 Å². The van der Waals surface area contributed by atoms with Crippen molar-refractivity contribution in [3.05, 3.63) is 42.2 Å². The van der Waals surface area contributed by atoms with Crippen molar-refractivity contribution in [1.29, 1.82) is 0 Å². The highest BCUT2D eigenvalue weighted by Crippen LogP contribution is 2.18. The largest absolute Gasteiger partial charge is 0.388 e. The lowest BCUT2D eigenvalue weighted by atomic mass is 10.1. The van der Waals surface area contributed by atoms with Crippen molar-refractivity contribution < 1.29 is 5.11 Å². The van der Waals surface area contributed by atoms with Crippen molar-refractivity contribution in [3.8, 4) is 0 Å². The molecule has 4 heteroatoms. The maximum absolute atomic E-state index is 9.90. The van der Waals surface area contributed by atoms with Crippen LogP contribution in [0.3, 0.4) is 0 Å². The van der Waals surface area contributed by atoms with E-state index in [2.05, 4.69) is 16.5 Å². The number of hydrogen-bond acceptors (Lipinski definition) is 2. The quantitative estimate of drug-likeness (QED) is 0.851. The van der Waals surface area contributed by atoms with E-state index in [1.807, 2.05) is 42.5 Å². The Morgan fingerprint density at radius 1 is 1.39 bits per heavy atom. The molecule has 2 rings (SSSR count). The van der Waals surface area contributed by atoms with Crippen LogP contribution in [0.5, 0.6) is 0 Å². The standard InChI is InChI=1S/C14H21N3O/c1-3-4-13(18)12-5-8-17(11-12)9-6-14-15-7-10-16(14)2/h5,7-8,10-11,13,18H,3-4,6,9H2,1-2H3. The van der Waals surface area contributed by atoms with Crippen LogP contribution in [0.25, 0.3) is 0 Å². The van der Waals surface area contributed by atoms with Crippen LogP contribution in [0, 0.1) is 0 Å². The van der Waals surface area contributed by atoms with Crippen LogP contribution < -0.4 is 0 Å². The fraction of sp³-hybridized carbons (Fsp3) is 0.500. The Labute approximate surface area is 108 Å². The van der Waals surface area contributed by atoms with Crippen molar-refractivity contribution in [3.63, 3.8) is 0 Å². The summed E-state index contributed by atoms with van der Waals surface area (Å²) < 4.78 is 4.15. The lowest BCUT2D eigenvalue weighted by Crippen LogP contribution is -2.04. The molecule has 0 aliphatic heterocycles. The summed E-state index contributed by atoms with van der Waals surface area (Å²) in [6.45, 7) is 2.98. The van der Waals surface area contributed by atoms with Gasteiger partial charge in [-0.3, -0.25) is 0 Å². The molecule has 1 N–H and O–H groups in total. The van der Waals surface area contributed by atoms with Crippen molar-refractivity contribution in [2.45, 2.75) is 38.8 Å². The number of hydrogen-bond donors (Lipinski definition) is 1. The van der Waals surface area contributed by atoms with E-state index in [0.717, 1.165) is 37.2 Å². The summed E-state index contributed by atoms with van der Waals surface area (Å²) in [6, 6.07) is 2.00. The molecule has 1 atom stereocenters. The number of aryl methyl sites for hydroxylation is 3. The third-order valence-corrected chi connectivity index (χ3v) is 3.23. The van der Waals surface area contributed by atoms with Crippen LogP contribution in [-0.4, -0.2) is 19.2 Å². The van der Waals surface area contributed by atoms with E-state index < -0.39 is 0 Å². The van der Waals surface area contributed by atoms with Crippen molar-refractivity contribution in [2.75, 3.05) is 0 Å². The Hall–Kier alpha value is -1.55. The first kappa shape index (κ1) is 12.9. The Bertz CT molecular complexity index is 487. The van der Waals surface area contributed by atoms with E-state index in [1.54, 1.807) is 0 Å². The van der Waals surface area contributed by atoms with Crippen molar-refractivity contribution in [2.24, 2.45) is 7.05 Å². The lowest BCUT2D eigenvalue weighted by molar-refractivity contribution is 0.166. The highest BCUT2D eigenvalue weighted by molar-refractivity contribution is 5.13. The normalized spacial score (nSPS) is 12.8. The van der Waals surface area contributed by atoms with E-state index >= 15 is 0 Å². The molecule has 0 saturated carbocycles. The minimum Gasteiger partial charge on any atom is -0.388 e. The van der Waals surface area contributed by atoms with Crippen LogP contribution in [0.15, 0.2) is 30.9 Å². The Morgan fingerprint density at radius 2 is 2.22 bits per heavy atom. The van der Waals surface area contributed by atoms with Crippen LogP contribution >= 0.6 is 0 Å². The van der Waals surface area contributed by atoms with Gasteiger partial charge in [0.15, 0.2) is 0 Å². The molecular weight excluding hydrogens is 226 g/mol. The van der Waals surface area contributed by atoms with Gasteiger partial charge in [-0.05, 0) is 18.1 Å². The summed E-state index contributed by atoms with van der Waals surface area (Å²) in [7, 11) is 2.01. The smallest absolute Gasteiger partial charge is 0.110 e. The summed E-state index contributed by atoms with van der Waals surface area (Å²) >= 11 is 0. The second kappa shape index (κ2) is 5.87. The molecule has 1 unspecified atom stereocenters. The number of nitrogens with zero attached hydrogens (tertiary/aromatic N) is 3. The average molecular weight is 247 g/mol. The Kier molecular flexibility index (Phi) is 4.20. The third kappa shape index (κ3) is 3.01. The van der Waals surface area contributed by atoms with Gasteiger partial charge in [-0.2, -0.15) is 0 Å². The average Bonchev–Trinajstić information content (AvgIpc) is 2.96. The second-order valence-corrected chi connectivity index (χ2v) is 4.69. The summed E-state index contributed by atoms with van der Waals surface area (Å²) in [5.41, 5.74) is 1.01. The lowest BCUT2D eigenvalue weighted by Gasteiger charge is -2.06. The molecule has 0 spiro atoms. The minimum absolute atomic E-state index is 0.329. The number of aliphatic hydroxyl groups excluding tert-OH is 1. The van der Waals surface area contributed by atoms with Gasteiger partial charge in [0.2, 0.25) is 0 Å². The third-order valence-electron chi connectivity index (χ3n) is 3.23. The molecule has 0 saturated heterocycles. The monoisotopic (exact) mass is 247 g/mol. The van der Waals surface area contributed by atoms with E-state index in [0.29, 0.717) is 0 Å². The van der Waals surface area contributed by atoms with Crippen molar-refractivity contribution >= 4 is 0 Å². The number of rotatable bonds is 6. The molecule has 4 nitrogen and oxygen atoms in total. The molecule has 18 heavy (non-hydrogen) atoms. The maximum atomic E-state index is 9.90. The highest BCUT2D eigenvalue weighted by Gasteiger charge is 2.08. The number of aromatic nitrogens is 3. The number of aliphatic hydroxyl groups is 1. The van der Waals surface area contributed by atoms with Crippen LogP contribution in [0.2, 0.25) is 0 Å². The predicted octanol–water partition coefficient (Wildman–Crippen LogP) is 2.30. The highest BCUT2D eigenvalue weighted by atomic mass is 16.3.